The topological polar surface area (TPSA) is 30.5 Å². The molecular formula is C16H25NO2. The Morgan fingerprint density at radius 1 is 1.32 bits per heavy atom. The lowest BCUT2D eigenvalue weighted by Gasteiger charge is -2.13. The molecule has 1 aliphatic carbocycles. The van der Waals surface area contributed by atoms with Crippen molar-refractivity contribution in [1.29, 1.82) is 0 Å². The van der Waals surface area contributed by atoms with E-state index in [1.165, 1.54) is 18.4 Å². The summed E-state index contributed by atoms with van der Waals surface area (Å²) in [6, 6.07) is 6.14. The van der Waals surface area contributed by atoms with Gasteiger partial charge in [0.25, 0.3) is 0 Å². The number of methoxy groups -OCH3 is 1. The zero-order valence-corrected chi connectivity index (χ0v) is 12.2. The van der Waals surface area contributed by atoms with Crippen LogP contribution in [0.1, 0.15) is 32.3 Å². The third-order valence-corrected chi connectivity index (χ3v) is 3.75. The van der Waals surface area contributed by atoms with Crippen LogP contribution < -0.4 is 14.8 Å². The molecule has 1 aliphatic rings. The molecule has 1 aromatic rings. The van der Waals surface area contributed by atoms with Crippen LogP contribution in [-0.4, -0.2) is 20.3 Å². The molecule has 19 heavy (non-hydrogen) atoms. The van der Waals surface area contributed by atoms with Gasteiger partial charge in [0.2, 0.25) is 0 Å². The van der Waals surface area contributed by atoms with Crippen molar-refractivity contribution in [3.8, 4) is 11.5 Å². The highest BCUT2D eigenvalue weighted by molar-refractivity contribution is 5.42. The fourth-order valence-corrected chi connectivity index (χ4v) is 2.38. The first-order valence-corrected chi connectivity index (χ1v) is 7.25. The highest BCUT2D eigenvalue weighted by Gasteiger charge is 2.27. The van der Waals surface area contributed by atoms with Crippen LogP contribution in [0.15, 0.2) is 18.2 Å². The Balaban J connectivity index is 1.86. The van der Waals surface area contributed by atoms with E-state index in [0.717, 1.165) is 36.4 Å². The minimum absolute atomic E-state index is 0.659. The molecule has 1 aromatic carbocycles. The second kappa shape index (κ2) is 6.80. The summed E-state index contributed by atoms with van der Waals surface area (Å²) in [5, 5.41) is 3.53. The summed E-state index contributed by atoms with van der Waals surface area (Å²) in [5.41, 5.74) is 1.24. The molecule has 0 aliphatic heterocycles. The van der Waals surface area contributed by atoms with Crippen LogP contribution in [0.5, 0.6) is 11.5 Å². The second-order valence-electron chi connectivity index (χ2n) is 5.36. The highest BCUT2D eigenvalue weighted by Crippen LogP contribution is 2.36. The summed E-state index contributed by atoms with van der Waals surface area (Å²) in [4.78, 5) is 0. The molecule has 3 nitrogen and oxygen atoms in total. The number of nitrogens with one attached hydrogen (secondary N) is 1. The minimum Gasteiger partial charge on any atom is -0.493 e. The molecule has 0 saturated heterocycles. The van der Waals surface area contributed by atoms with E-state index in [-0.39, 0.29) is 0 Å². The van der Waals surface area contributed by atoms with Crippen molar-refractivity contribution in [2.75, 3.05) is 20.3 Å². The van der Waals surface area contributed by atoms with E-state index in [2.05, 4.69) is 24.4 Å². The maximum absolute atomic E-state index is 5.59. The number of rotatable bonds is 8. The predicted octanol–water partition coefficient (Wildman–Crippen LogP) is 3.23. The molecule has 1 atom stereocenters. The van der Waals surface area contributed by atoms with E-state index in [1.807, 2.05) is 13.0 Å². The molecule has 0 spiro atoms. The zero-order chi connectivity index (χ0) is 13.7. The van der Waals surface area contributed by atoms with E-state index in [9.17, 15) is 0 Å². The van der Waals surface area contributed by atoms with Crippen LogP contribution in [0.2, 0.25) is 0 Å². The van der Waals surface area contributed by atoms with Gasteiger partial charge in [0.1, 0.15) is 0 Å². The van der Waals surface area contributed by atoms with E-state index < -0.39 is 0 Å². The van der Waals surface area contributed by atoms with Gasteiger partial charge in [-0.25, -0.2) is 0 Å². The molecular weight excluding hydrogens is 238 g/mol. The van der Waals surface area contributed by atoms with Crippen molar-refractivity contribution >= 4 is 0 Å². The average molecular weight is 263 g/mol. The predicted molar refractivity (Wildman–Crippen MR) is 77.8 cm³/mol. The van der Waals surface area contributed by atoms with Crippen LogP contribution in [0.4, 0.5) is 0 Å². The smallest absolute Gasteiger partial charge is 0.161 e. The summed E-state index contributed by atoms with van der Waals surface area (Å²) in [7, 11) is 1.67. The fourth-order valence-electron chi connectivity index (χ4n) is 2.38. The van der Waals surface area contributed by atoms with Crippen molar-refractivity contribution in [3.63, 3.8) is 0 Å². The van der Waals surface area contributed by atoms with Gasteiger partial charge in [0.05, 0.1) is 13.7 Å². The molecule has 2 rings (SSSR count). The second-order valence-corrected chi connectivity index (χ2v) is 5.36. The van der Waals surface area contributed by atoms with Crippen molar-refractivity contribution in [2.45, 2.75) is 33.2 Å². The largest absolute Gasteiger partial charge is 0.493 e. The van der Waals surface area contributed by atoms with Crippen molar-refractivity contribution in [3.05, 3.63) is 23.8 Å². The molecule has 3 heteroatoms. The Morgan fingerprint density at radius 3 is 2.74 bits per heavy atom. The minimum atomic E-state index is 0.659. The maximum Gasteiger partial charge on any atom is 0.161 e. The standard InChI is InChI=1S/C16H25NO2/c1-4-19-16-9-13(5-8-15(16)18-3)11-17-10-12(2)14-6-7-14/h5,8-9,12,14,17H,4,6-7,10-11H2,1-3H3. The molecule has 0 bridgehead atoms. The first-order valence-electron chi connectivity index (χ1n) is 7.25. The molecule has 1 unspecified atom stereocenters. The van der Waals surface area contributed by atoms with Crippen LogP contribution in [-0.2, 0) is 6.54 Å². The van der Waals surface area contributed by atoms with Gasteiger partial charge in [-0.15, -0.1) is 0 Å². The lowest BCUT2D eigenvalue weighted by molar-refractivity contribution is 0.310. The molecule has 0 heterocycles. The van der Waals surface area contributed by atoms with Crippen LogP contribution in [0, 0.1) is 11.8 Å². The fraction of sp³-hybridized carbons (Fsp3) is 0.625. The number of hydrogen-bond acceptors (Lipinski definition) is 3. The maximum atomic E-state index is 5.59. The van der Waals surface area contributed by atoms with Gasteiger partial charge in [0.15, 0.2) is 11.5 Å². The quantitative estimate of drug-likeness (QED) is 0.781. The summed E-state index contributed by atoms with van der Waals surface area (Å²) in [5.74, 6) is 3.39. The Hall–Kier alpha value is -1.22. The van der Waals surface area contributed by atoms with E-state index in [1.54, 1.807) is 7.11 Å². The summed E-state index contributed by atoms with van der Waals surface area (Å²) < 4.78 is 10.9. The zero-order valence-electron chi connectivity index (χ0n) is 12.2. The van der Waals surface area contributed by atoms with Gasteiger partial charge in [-0.3, -0.25) is 0 Å². The molecule has 0 amide bonds. The first-order chi connectivity index (χ1) is 9.24. The van der Waals surface area contributed by atoms with Crippen LogP contribution in [0.25, 0.3) is 0 Å². The number of benzene rings is 1. The Kier molecular flexibility index (Phi) is 5.08. The normalized spacial score (nSPS) is 16.2. The van der Waals surface area contributed by atoms with Crippen LogP contribution >= 0.6 is 0 Å². The molecule has 106 valence electrons. The molecule has 0 aromatic heterocycles. The monoisotopic (exact) mass is 263 g/mol. The SMILES string of the molecule is CCOc1cc(CNCC(C)C2CC2)ccc1OC. The van der Waals surface area contributed by atoms with Gasteiger partial charge in [-0.2, -0.15) is 0 Å². The van der Waals surface area contributed by atoms with E-state index in [4.69, 9.17) is 9.47 Å². The van der Waals surface area contributed by atoms with Gasteiger partial charge >= 0.3 is 0 Å². The van der Waals surface area contributed by atoms with Crippen molar-refractivity contribution in [2.24, 2.45) is 11.8 Å². The lowest BCUT2D eigenvalue weighted by Crippen LogP contribution is -2.21. The van der Waals surface area contributed by atoms with Gasteiger partial charge < -0.3 is 14.8 Å². The molecule has 0 radical (unpaired) electrons. The summed E-state index contributed by atoms with van der Waals surface area (Å²) in [6.07, 6.45) is 2.83. The van der Waals surface area contributed by atoms with Gasteiger partial charge in [-0.1, -0.05) is 13.0 Å². The Morgan fingerprint density at radius 2 is 2.11 bits per heavy atom. The molecule has 1 N–H and O–H groups in total. The number of hydrogen-bond donors (Lipinski definition) is 1. The number of ether oxygens (including phenoxy) is 2. The lowest BCUT2D eigenvalue weighted by atomic mass is 10.1. The first kappa shape index (κ1) is 14.2. The Bertz CT molecular complexity index is 402. The average Bonchev–Trinajstić information content (AvgIpc) is 3.24. The highest BCUT2D eigenvalue weighted by atomic mass is 16.5. The van der Waals surface area contributed by atoms with E-state index in [0.29, 0.717) is 6.61 Å². The van der Waals surface area contributed by atoms with Crippen molar-refractivity contribution < 1.29 is 9.47 Å². The van der Waals surface area contributed by atoms with Gasteiger partial charge in [-0.05, 0) is 55.8 Å². The van der Waals surface area contributed by atoms with Crippen LogP contribution in [0.3, 0.4) is 0 Å². The van der Waals surface area contributed by atoms with Crippen molar-refractivity contribution in [1.82, 2.24) is 5.32 Å². The summed E-state index contributed by atoms with van der Waals surface area (Å²) in [6.45, 7) is 6.97. The van der Waals surface area contributed by atoms with Gasteiger partial charge in [0, 0.05) is 6.54 Å². The molecule has 1 fully saturated rings. The summed E-state index contributed by atoms with van der Waals surface area (Å²) >= 11 is 0. The third-order valence-electron chi connectivity index (χ3n) is 3.75. The Labute approximate surface area is 116 Å². The third kappa shape index (κ3) is 4.13. The molecule has 1 saturated carbocycles. The van der Waals surface area contributed by atoms with E-state index >= 15 is 0 Å².